The van der Waals surface area contributed by atoms with E-state index in [4.69, 9.17) is 14.1 Å². The Bertz CT molecular complexity index is 1230. The molecule has 5 bridgehead atoms. The van der Waals surface area contributed by atoms with Crippen LogP contribution in [0.2, 0.25) is 0 Å². The largest absolute Gasteiger partial charge is 0.491 e. The smallest absolute Gasteiger partial charge is 0.482 e. The standard InChI is InChI=1S/C31H41BO7/c1-7-29(5)13-24(39-25(34)15-37-19-10-16(2)20-14-38-32(36)22(20)12-19)30(6)17(3)11-21-26-23(33)8-9-31(21,27(26)30)18(4)28(29)35/h7,10,12,17-18,21,24,26-28,35-36H,1,8-9,11,13-15H2,2-6H3/t17-,18+,21+,24-,26?,27+,28+,29-,30+,31+/m1/s1. The molecule has 10 atom stereocenters. The summed E-state index contributed by atoms with van der Waals surface area (Å²) in [4.78, 5) is 26.6. The van der Waals surface area contributed by atoms with Gasteiger partial charge in [0.1, 0.15) is 17.6 Å². The highest BCUT2D eigenvalue weighted by Gasteiger charge is 2.79. The van der Waals surface area contributed by atoms with Gasteiger partial charge in [-0.1, -0.05) is 33.8 Å². The third-order valence-corrected chi connectivity index (χ3v) is 12.1. The number of aliphatic hydroxyl groups excluding tert-OH is 1. The number of aryl methyl sites for hydroxylation is 1. The molecule has 5 aliphatic carbocycles. The third-order valence-electron chi connectivity index (χ3n) is 12.1. The second kappa shape index (κ2) is 8.92. The second-order valence-corrected chi connectivity index (χ2v) is 13.6. The van der Waals surface area contributed by atoms with Gasteiger partial charge >= 0.3 is 13.1 Å². The maximum atomic E-state index is 13.4. The highest BCUT2D eigenvalue weighted by atomic mass is 16.6. The van der Waals surface area contributed by atoms with Crippen molar-refractivity contribution in [1.29, 1.82) is 0 Å². The zero-order valence-electron chi connectivity index (χ0n) is 23.7. The van der Waals surface area contributed by atoms with Gasteiger partial charge in [-0.15, -0.1) is 6.58 Å². The molecule has 7 nitrogen and oxygen atoms in total. The van der Waals surface area contributed by atoms with Crippen molar-refractivity contribution in [2.45, 2.75) is 79.1 Å². The summed E-state index contributed by atoms with van der Waals surface area (Å²) < 4.78 is 17.5. The molecule has 210 valence electrons. The van der Waals surface area contributed by atoms with Crippen molar-refractivity contribution in [2.75, 3.05) is 6.61 Å². The Morgan fingerprint density at radius 2 is 2.05 bits per heavy atom. The number of hydrogen-bond acceptors (Lipinski definition) is 7. The number of carbonyl (C=O) groups excluding carboxylic acids is 2. The number of ether oxygens (including phenoxy) is 2. The minimum atomic E-state index is -0.997. The van der Waals surface area contributed by atoms with E-state index in [1.54, 1.807) is 6.07 Å². The fourth-order valence-electron chi connectivity index (χ4n) is 9.79. The van der Waals surface area contributed by atoms with Gasteiger partial charge in [0, 0.05) is 23.2 Å². The number of benzene rings is 1. The van der Waals surface area contributed by atoms with Crippen LogP contribution in [0.25, 0.3) is 0 Å². The summed E-state index contributed by atoms with van der Waals surface area (Å²) in [6, 6.07) is 3.55. The monoisotopic (exact) mass is 536 g/mol. The van der Waals surface area contributed by atoms with E-state index < -0.39 is 36.1 Å². The number of carbonyl (C=O) groups is 2. The van der Waals surface area contributed by atoms with Gasteiger partial charge in [0.2, 0.25) is 0 Å². The first-order valence-electron chi connectivity index (χ1n) is 14.5. The number of Topliss-reactive ketones (excluding diaryl/α,β-unsaturated/α-hetero) is 1. The predicted octanol–water partition coefficient (Wildman–Crippen LogP) is 3.35. The Hall–Kier alpha value is -2.16. The Morgan fingerprint density at radius 3 is 2.77 bits per heavy atom. The molecule has 2 N–H and O–H groups in total. The van der Waals surface area contributed by atoms with Crippen LogP contribution in [-0.4, -0.2) is 47.8 Å². The molecule has 0 amide bonds. The Kier molecular flexibility index (Phi) is 6.18. The van der Waals surface area contributed by atoms with E-state index in [2.05, 4.69) is 27.4 Å². The van der Waals surface area contributed by atoms with Gasteiger partial charge in [0.25, 0.3) is 0 Å². The van der Waals surface area contributed by atoms with Crippen LogP contribution in [0.5, 0.6) is 5.75 Å². The van der Waals surface area contributed by atoms with Crippen LogP contribution in [0.15, 0.2) is 24.8 Å². The van der Waals surface area contributed by atoms with E-state index in [0.717, 1.165) is 24.0 Å². The minimum absolute atomic E-state index is 0.0109. The Labute approximate surface area is 231 Å². The average molecular weight is 536 g/mol. The molecule has 1 aliphatic heterocycles. The number of hydrogen-bond donors (Lipinski definition) is 2. The molecule has 0 aromatic heterocycles. The average Bonchev–Trinajstić information content (AvgIpc) is 3.28. The van der Waals surface area contributed by atoms with E-state index in [9.17, 15) is 19.7 Å². The van der Waals surface area contributed by atoms with Crippen LogP contribution in [-0.2, 0) is 25.6 Å². The lowest BCUT2D eigenvalue weighted by molar-refractivity contribution is -0.322. The minimum Gasteiger partial charge on any atom is -0.482 e. The zero-order chi connectivity index (χ0) is 28.1. The van der Waals surface area contributed by atoms with Crippen molar-refractivity contribution in [2.24, 2.45) is 45.8 Å². The molecule has 8 heteroatoms. The molecule has 5 fully saturated rings. The Balaban J connectivity index is 1.30. The summed E-state index contributed by atoms with van der Waals surface area (Å²) in [5.74, 6) is 0.972. The van der Waals surface area contributed by atoms with E-state index in [1.165, 1.54) is 0 Å². The highest BCUT2D eigenvalue weighted by molar-refractivity contribution is 6.61. The molecule has 1 unspecified atom stereocenters. The number of aliphatic hydroxyl groups is 1. The van der Waals surface area contributed by atoms with E-state index in [1.807, 2.05) is 26.0 Å². The predicted molar refractivity (Wildman–Crippen MR) is 146 cm³/mol. The molecule has 0 radical (unpaired) electrons. The molecule has 7 rings (SSSR count). The van der Waals surface area contributed by atoms with E-state index >= 15 is 0 Å². The second-order valence-electron chi connectivity index (χ2n) is 13.6. The fourth-order valence-corrected chi connectivity index (χ4v) is 9.79. The number of ketones is 1. The van der Waals surface area contributed by atoms with Crippen LogP contribution in [0.1, 0.15) is 64.5 Å². The Morgan fingerprint density at radius 1 is 1.31 bits per heavy atom. The number of esters is 1. The molecule has 1 heterocycles. The molecule has 6 aliphatic rings. The van der Waals surface area contributed by atoms with Gasteiger partial charge in [0.05, 0.1) is 12.7 Å². The molecule has 5 saturated carbocycles. The van der Waals surface area contributed by atoms with Crippen LogP contribution in [0.3, 0.4) is 0 Å². The molecule has 0 saturated heterocycles. The van der Waals surface area contributed by atoms with Crippen LogP contribution < -0.4 is 10.2 Å². The summed E-state index contributed by atoms with van der Waals surface area (Å²) in [6.45, 7) is 14.7. The fraction of sp³-hybridized carbons (Fsp3) is 0.677. The molecule has 1 aromatic rings. The molecule has 1 aromatic carbocycles. The van der Waals surface area contributed by atoms with Gasteiger partial charge in [-0.2, -0.15) is 0 Å². The topological polar surface area (TPSA) is 102 Å². The van der Waals surface area contributed by atoms with Crippen molar-refractivity contribution >= 4 is 24.3 Å². The lowest BCUT2D eigenvalue weighted by atomic mass is 9.25. The maximum absolute atomic E-state index is 13.4. The lowest BCUT2D eigenvalue weighted by Crippen LogP contribution is -2.78. The van der Waals surface area contributed by atoms with Gasteiger partial charge in [-0.3, -0.25) is 4.79 Å². The van der Waals surface area contributed by atoms with E-state index in [0.29, 0.717) is 36.4 Å². The third kappa shape index (κ3) is 3.53. The van der Waals surface area contributed by atoms with Crippen molar-refractivity contribution in [3.05, 3.63) is 35.9 Å². The highest BCUT2D eigenvalue weighted by Crippen LogP contribution is 2.79. The summed E-state index contributed by atoms with van der Waals surface area (Å²) in [6.07, 6.45) is 3.40. The van der Waals surface area contributed by atoms with Crippen molar-refractivity contribution < 1.29 is 33.8 Å². The van der Waals surface area contributed by atoms with Crippen molar-refractivity contribution in [3.63, 3.8) is 0 Å². The first kappa shape index (κ1) is 27.0. The molecular formula is C31H41BO7. The van der Waals surface area contributed by atoms with Gasteiger partial charge < -0.3 is 24.3 Å². The summed E-state index contributed by atoms with van der Waals surface area (Å²) >= 11 is 0. The summed E-state index contributed by atoms with van der Waals surface area (Å²) in [5, 5.41) is 21.9. The zero-order valence-corrected chi connectivity index (χ0v) is 23.7. The van der Waals surface area contributed by atoms with Crippen molar-refractivity contribution in [3.8, 4) is 5.75 Å². The first-order valence-corrected chi connectivity index (χ1v) is 14.5. The quantitative estimate of drug-likeness (QED) is 0.338. The van der Waals surface area contributed by atoms with Crippen LogP contribution in [0, 0.1) is 52.8 Å². The molecule has 1 spiro atoms. The van der Waals surface area contributed by atoms with Crippen molar-refractivity contribution in [1.82, 2.24) is 0 Å². The van der Waals surface area contributed by atoms with Crippen LogP contribution in [0.4, 0.5) is 0 Å². The lowest BCUT2D eigenvalue weighted by Gasteiger charge is -2.78. The van der Waals surface area contributed by atoms with Gasteiger partial charge in [-0.25, -0.2) is 4.79 Å². The molecular weight excluding hydrogens is 495 g/mol. The summed E-state index contributed by atoms with van der Waals surface area (Å²) in [5.41, 5.74) is 1.35. The maximum Gasteiger partial charge on any atom is 0.491 e. The number of fused-ring (bicyclic) bond motifs is 2. The number of rotatable bonds is 5. The SMILES string of the molecule is C=C[C@]1(C)C[C@@H](OC(=O)COc2cc(C)c3c(c2)B(O)OC3)[C@]2(C)[C@H](C)C[C@H]3C4C(=O)CC[C@@]3([C@@H](C)[C@@H]1O)[C@@H]42. The first-order chi connectivity index (χ1) is 18.4. The van der Waals surface area contributed by atoms with E-state index in [-0.39, 0.29) is 41.6 Å². The van der Waals surface area contributed by atoms with Gasteiger partial charge in [-0.05, 0) is 84.0 Å². The summed E-state index contributed by atoms with van der Waals surface area (Å²) in [7, 11) is -0.997. The van der Waals surface area contributed by atoms with Crippen LogP contribution >= 0.6 is 0 Å². The van der Waals surface area contributed by atoms with Gasteiger partial charge in [0.15, 0.2) is 6.61 Å². The molecule has 39 heavy (non-hydrogen) atoms. The normalized spacial score (nSPS) is 44.0.